The molecule has 2 heterocycles. The largest absolute Gasteiger partial charge is 0.444 e. The van der Waals surface area contributed by atoms with E-state index < -0.39 is 11.7 Å². The Kier molecular flexibility index (Phi) is 5.28. The van der Waals surface area contributed by atoms with Crippen LogP contribution in [0.2, 0.25) is 4.34 Å². The van der Waals surface area contributed by atoms with Gasteiger partial charge in [0.15, 0.2) is 0 Å². The Labute approximate surface area is 184 Å². The topological polar surface area (TPSA) is 74.4 Å². The fourth-order valence-corrected chi connectivity index (χ4v) is 5.02. The van der Waals surface area contributed by atoms with Crippen LogP contribution in [0.4, 0.5) is 4.79 Å². The van der Waals surface area contributed by atoms with E-state index >= 15 is 0 Å². The van der Waals surface area contributed by atoms with Gasteiger partial charge in [0.05, 0.1) is 16.4 Å². The van der Waals surface area contributed by atoms with E-state index in [1.807, 2.05) is 51.1 Å². The number of aromatic amines is 1. The molecule has 0 fully saturated rings. The summed E-state index contributed by atoms with van der Waals surface area (Å²) in [5.74, 6) is -0.213. The number of H-pyrrole nitrogens is 1. The molecule has 2 amide bonds. The SMILES string of the molecule is CN(C(=O)OC(C)(C)C)[C@@H]1c2ccccc2C[C@H]1NC(=O)c1cc2cc(Cl)sc2[nH]1. The molecule has 0 bridgehead atoms. The van der Waals surface area contributed by atoms with Crippen LogP contribution in [0.3, 0.4) is 0 Å². The lowest BCUT2D eigenvalue weighted by Gasteiger charge is -2.32. The maximum Gasteiger partial charge on any atom is 0.410 e. The molecule has 6 nitrogen and oxygen atoms in total. The van der Waals surface area contributed by atoms with Crippen LogP contribution in [0, 0.1) is 0 Å². The van der Waals surface area contributed by atoms with Crippen molar-refractivity contribution in [3.05, 3.63) is 57.6 Å². The summed E-state index contributed by atoms with van der Waals surface area (Å²) in [7, 11) is 1.71. The van der Waals surface area contributed by atoms with Crippen molar-refractivity contribution in [2.24, 2.45) is 0 Å². The number of likely N-dealkylation sites (N-methyl/N-ethyl adjacent to an activating group) is 1. The van der Waals surface area contributed by atoms with Gasteiger partial charge in [0.2, 0.25) is 0 Å². The average Bonchev–Trinajstić information content (AvgIpc) is 3.29. The van der Waals surface area contributed by atoms with Gasteiger partial charge < -0.3 is 19.9 Å². The average molecular weight is 446 g/mol. The lowest BCUT2D eigenvalue weighted by atomic mass is 10.1. The minimum Gasteiger partial charge on any atom is -0.444 e. The first-order valence-corrected chi connectivity index (χ1v) is 10.9. The summed E-state index contributed by atoms with van der Waals surface area (Å²) in [6.07, 6.45) is 0.221. The molecule has 0 unspecified atom stereocenters. The van der Waals surface area contributed by atoms with Crippen molar-refractivity contribution in [2.45, 2.75) is 44.9 Å². The summed E-state index contributed by atoms with van der Waals surface area (Å²) in [5, 5.41) is 4.02. The van der Waals surface area contributed by atoms with Gasteiger partial charge in [0.1, 0.15) is 16.1 Å². The molecule has 2 N–H and O–H groups in total. The van der Waals surface area contributed by atoms with Crippen molar-refractivity contribution in [1.29, 1.82) is 0 Å². The molecule has 2 aromatic heterocycles. The van der Waals surface area contributed by atoms with Crippen molar-refractivity contribution < 1.29 is 14.3 Å². The van der Waals surface area contributed by atoms with Gasteiger partial charge in [-0.05, 0) is 50.5 Å². The van der Waals surface area contributed by atoms with Crippen LogP contribution in [0.15, 0.2) is 36.4 Å². The summed E-state index contributed by atoms with van der Waals surface area (Å²) in [4.78, 5) is 31.3. The fourth-order valence-electron chi connectivity index (χ4n) is 3.89. The Balaban J connectivity index is 1.58. The third kappa shape index (κ3) is 4.04. The zero-order valence-corrected chi connectivity index (χ0v) is 18.9. The molecule has 3 aromatic rings. The summed E-state index contributed by atoms with van der Waals surface area (Å²) < 4.78 is 6.24. The minimum atomic E-state index is -0.598. The quantitative estimate of drug-likeness (QED) is 0.585. The third-order valence-electron chi connectivity index (χ3n) is 5.13. The summed E-state index contributed by atoms with van der Waals surface area (Å²) in [5.41, 5.74) is 2.01. The van der Waals surface area contributed by atoms with Gasteiger partial charge in [-0.1, -0.05) is 35.9 Å². The second kappa shape index (κ2) is 7.63. The molecule has 1 aliphatic rings. The number of hydrogen-bond acceptors (Lipinski definition) is 4. The maximum atomic E-state index is 13.0. The highest BCUT2D eigenvalue weighted by atomic mass is 35.5. The first kappa shape index (κ1) is 20.8. The molecule has 158 valence electrons. The fraction of sp³-hybridized carbons (Fsp3) is 0.364. The number of carbonyl (C=O) groups excluding carboxylic acids is 2. The Bertz CT molecular complexity index is 1080. The van der Waals surface area contributed by atoms with E-state index in [0.717, 1.165) is 21.3 Å². The number of aromatic nitrogens is 1. The van der Waals surface area contributed by atoms with Crippen molar-refractivity contribution in [3.8, 4) is 0 Å². The molecule has 0 aliphatic heterocycles. The van der Waals surface area contributed by atoms with Crippen LogP contribution in [-0.2, 0) is 11.2 Å². The van der Waals surface area contributed by atoms with Crippen LogP contribution in [0.5, 0.6) is 0 Å². The van der Waals surface area contributed by atoms with Gasteiger partial charge in [0.25, 0.3) is 5.91 Å². The van der Waals surface area contributed by atoms with E-state index in [4.69, 9.17) is 16.3 Å². The molecule has 1 aliphatic carbocycles. The first-order valence-electron chi connectivity index (χ1n) is 9.75. The number of nitrogens with one attached hydrogen (secondary N) is 2. The second-order valence-corrected chi connectivity index (χ2v) is 10.2. The first-order chi connectivity index (χ1) is 14.1. The van der Waals surface area contributed by atoms with Gasteiger partial charge in [-0.2, -0.15) is 0 Å². The molecule has 8 heteroatoms. The molecule has 1 aromatic carbocycles. The molecule has 0 saturated carbocycles. The maximum absolute atomic E-state index is 13.0. The van der Waals surface area contributed by atoms with E-state index in [2.05, 4.69) is 10.3 Å². The summed E-state index contributed by atoms with van der Waals surface area (Å²) >= 11 is 7.42. The number of nitrogens with zero attached hydrogens (tertiary/aromatic N) is 1. The molecule has 2 atom stereocenters. The van der Waals surface area contributed by atoms with Gasteiger partial charge in [0, 0.05) is 12.4 Å². The molecule has 0 radical (unpaired) electrons. The normalized spacial score (nSPS) is 18.3. The Morgan fingerprint density at radius 2 is 2.00 bits per heavy atom. The number of benzene rings is 1. The predicted octanol–water partition coefficient (Wildman–Crippen LogP) is 5.15. The summed E-state index contributed by atoms with van der Waals surface area (Å²) in [6.45, 7) is 5.51. The third-order valence-corrected chi connectivity index (χ3v) is 6.33. The van der Waals surface area contributed by atoms with Crippen LogP contribution in [0.25, 0.3) is 10.2 Å². The van der Waals surface area contributed by atoms with Crippen molar-refractivity contribution in [3.63, 3.8) is 0 Å². The number of amides is 2. The highest BCUT2D eigenvalue weighted by molar-refractivity contribution is 7.22. The minimum absolute atomic E-state index is 0.213. The van der Waals surface area contributed by atoms with Crippen LogP contribution in [-0.4, -0.2) is 40.6 Å². The molecular weight excluding hydrogens is 422 g/mol. The molecule has 30 heavy (non-hydrogen) atoms. The zero-order chi connectivity index (χ0) is 21.6. The number of halogens is 1. The number of fused-ring (bicyclic) bond motifs is 2. The van der Waals surface area contributed by atoms with E-state index in [1.54, 1.807) is 18.0 Å². The van der Waals surface area contributed by atoms with Gasteiger partial charge in [-0.15, -0.1) is 11.3 Å². The number of hydrogen-bond donors (Lipinski definition) is 2. The number of carbonyl (C=O) groups is 2. The predicted molar refractivity (Wildman–Crippen MR) is 119 cm³/mol. The monoisotopic (exact) mass is 445 g/mol. The molecule has 0 saturated heterocycles. The van der Waals surface area contributed by atoms with Crippen molar-refractivity contribution in [1.82, 2.24) is 15.2 Å². The lowest BCUT2D eigenvalue weighted by Crippen LogP contribution is -2.46. The lowest BCUT2D eigenvalue weighted by molar-refractivity contribution is 0.0192. The van der Waals surface area contributed by atoms with E-state index in [-0.39, 0.29) is 18.0 Å². The van der Waals surface area contributed by atoms with Gasteiger partial charge >= 0.3 is 6.09 Å². The van der Waals surface area contributed by atoms with E-state index in [0.29, 0.717) is 16.5 Å². The summed E-state index contributed by atoms with van der Waals surface area (Å²) in [6, 6.07) is 11.0. The number of ether oxygens (including phenoxy) is 1. The highest BCUT2D eigenvalue weighted by Crippen LogP contribution is 2.36. The van der Waals surface area contributed by atoms with Gasteiger partial charge in [-0.25, -0.2) is 4.79 Å². The standard InChI is InChI=1S/C22H24ClN3O3S/c1-22(2,3)29-21(28)26(4)18-14-8-6-5-7-12(14)9-15(18)24-19(27)16-10-13-11-17(23)30-20(13)25-16/h5-8,10-11,15,18,25H,9H2,1-4H3,(H,24,27)/t15-,18-/m1/s1. The Morgan fingerprint density at radius 3 is 2.70 bits per heavy atom. The van der Waals surface area contributed by atoms with Crippen molar-refractivity contribution >= 4 is 45.2 Å². The molecule has 0 spiro atoms. The molecule has 4 rings (SSSR count). The number of thiophene rings is 1. The number of rotatable bonds is 3. The van der Waals surface area contributed by atoms with Crippen LogP contribution in [0.1, 0.15) is 48.4 Å². The Hall–Kier alpha value is -2.51. The Morgan fingerprint density at radius 1 is 1.27 bits per heavy atom. The van der Waals surface area contributed by atoms with Crippen LogP contribution < -0.4 is 5.32 Å². The highest BCUT2D eigenvalue weighted by Gasteiger charge is 2.39. The van der Waals surface area contributed by atoms with E-state index in [9.17, 15) is 9.59 Å². The smallest absolute Gasteiger partial charge is 0.410 e. The molecular formula is C22H24ClN3O3S. The zero-order valence-electron chi connectivity index (χ0n) is 17.3. The van der Waals surface area contributed by atoms with Gasteiger partial charge in [-0.3, -0.25) is 4.79 Å². The van der Waals surface area contributed by atoms with E-state index in [1.165, 1.54) is 11.3 Å². The second-order valence-electron chi connectivity index (χ2n) is 8.54. The van der Waals surface area contributed by atoms with Crippen molar-refractivity contribution in [2.75, 3.05) is 7.05 Å². The van der Waals surface area contributed by atoms with Crippen LogP contribution >= 0.6 is 22.9 Å².